The van der Waals surface area contributed by atoms with Crippen LogP contribution in [0.4, 0.5) is 11.6 Å². The summed E-state index contributed by atoms with van der Waals surface area (Å²) < 4.78 is 35.7. The highest BCUT2D eigenvalue weighted by atomic mass is 32.2. The summed E-state index contributed by atoms with van der Waals surface area (Å²) in [5, 5.41) is 4.30. The van der Waals surface area contributed by atoms with Crippen molar-refractivity contribution in [1.82, 2.24) is 19.7 Å². The molecule has 0 aliphatic carbocycles. The fourth-order valence-corrected chi connectivity index (χ4v) is 4.90. The molecule has 10 heteroatoms. The van der Waals surface area contributed by atoms with Crippen LogP contribution in [0.5, 0.6) is 0 Å². The molecule has 0 bridgehead atoms. The predicted octanol–water partition coefficient (Wildman–Crippen LogP) is 1.56. The number of anilines is 2. The summed E-state index contributed by atoms with van der Waals surface area (Å²) in [6.45, 7) is 12.3. The Morgan fingerprint density at radius 3 is 2.15 bits per heavy atom. The summed E-state index contributed by atoms with van der Waals surface area (Å²) >= 11 is 0. The van der Waals surface area contributed by atoms with E-state index in [0.717, 1.165) is 13.1 Å². The number of hydrogen-bond donors (Lipinski definition) is 1. The molecule has 0 amide bonds. The molecule has 1 aliphatic heterocycles. The van der Waals surface area contributed by atoms with Crippen LogP contribution in [0.3, 0.4) is 0 Å². The quantitative estimate of drug-likeness (QED) is 0.821. The molecule has 1 aliphatic rings. The maximum Gasteiger partial charge on any atom is 0.265 e. The molecule has 0 saturated carbocycles. The van der Waals surface area contributed by atoms with Crippen molar-refractivity contribution in [3.63, 3.8) is 0 Å². The minimum atomic E-state index is -3.79. The van der Waals surface area contributed by atoms with Gasteiger partial charge in [-0.3, -0.25) is 9.40 Å². The second kappa shape index (κ2) is 7.43. The number of nitrogens with zero attached hydrogens (tertiary/aromatic N) is 5. The van der Waals surface area contributed by atoms with Gasteiger partial charge in [0.2, 0.25) is 5.95 Å². The van der Waals surface area contributed by atoms with E-state index in [1.54, 1.807) is 32.4 Å². The molecular formula is C17H26N6O3S. The average molecular weight is 395 g/mol. The van der Waals surface area contributed by atoms with Crippen LogP contribution >= 0.6 is 0 Å². The molecule has 1 N–H and O–H groups in total. The number of sulfonamides is 1. The van der Waals surface area contributed by atoms with E-state index in [9.17, 15) is 8.42 Å². The van der Waals surface area contributed by atoms with Crippen LogP contribution in [0.2, 0.25) is 0 Å². The van der Waals surface area contributed by atoms with Crippen molar-refractivity contribution in [2.24, 2.45) is 0 Å². The van der Waals surface area contributed by atoms with Crippen LogP contribution in [-0.2, 0) is 21.3 Å². The molecule has 0 spiro atoms. The van der Waals surface area contributed by atoms with Crippen molar-refractivity contribution in [2.45, 2.75) is 46.1 Å². The third-order valence-electron chi connectivity index (χ3n) is 4.67. The number of ether oxygens (including phenoxy) is 1. The molecule has 1 saturated heterocycles. The minimum Gasteiger partial charge on any atom is -0.378 e. The first kappa shape index (κ1) is 19.6. The zero-order chi connectivity index (χ0) is 19.8. The average Bonchev–Trinajstić information content (AvgIpc) is 2.93. The Labute approximate surface area is 159 Å². The Morgan fingerprint density at radius 2 is 1.63 bits per heavy atom. The van der Waals surface area contributed by atoms with Gasteiger partial charge >= 0.3 is 0 Å². The normalized spacial score (nSPS) is 15.2. The number of nitrogens with one attached hydrogen (secondary N) is 1. The van der Waals surface area contributed by atoms with E-state index in [4.69, 9.17) is 4.74 Å². The molecule has 0 atom stereocenters. The van der Waals surface area contributed by atoms with Gasteiger partial charge in [0.15, 0.2) is 0 Å². The molecule has 3 heterocycles. The van der Waals surface area contributed by atoms with Gasteiger partial charge < -0.3 is 9.64 Å². The summed E-state index contributed by atoms with van der Waals surface area (Å²) in [5.41, 5.74) is 2.68. The van der Waals surface area contributed by atoms with Crippen molar-refractivity contribution in [3.05, 3.63) is 22.8 Å². The number of aryl methyl sites for hydroxylation is 4. The van der Waals surface area contributed by atoms with Crippen LogP contribution in [0.15, 0.2) is 4.90 Å². The van der Waals surface area contributed by atoms with Crippen LogP contribution in [0, 0.1) is 27.7 Å². The molecule has 0 radical (unpaired) electrons. The zero-order valence-corrected chi connectivity index (χ0v) is 17.2. The lowest BCUT2D eigenvalue weighted by molar-refractivity contribution is 0.122. The molecule has 9 nitrogen and oxygen atoms in total. The first-order valence-corrected chi connectivity index (χ1v) is 10.5. The summed E-state index contributed by atoms with van der Waals surface area (Å²) in [5.74, 6) is 0.599. The predicted molar refractivity (Wildman–Crippen MR) is 103 cm³/mol. The third kappa shape index (κ3) is 3.77. The number of morpholine rings is 1. The van der Waals surface area contributed by atoms with Crippen molar-refractivity contribution in [2.75, 3.05) is 35.9 Å². The topological polar surface area (TPSA) is 102 Å². The largest absolute Gasteiger partial charge is 0.378 e. The number of aromatic nitrogens is 4. The summed E-state index contributed by atoms with van der Waals surface area (Å²) in [6.07, 6.45) is 0. The summed E-state index contributed by atoms with van der Waals surface area (Å²) in [6, 6.07) is 0. The smallest absolute Gasteiger partial charge is 0.265 e. The maximum atomic E-state index is 13.0. The van der Waals surface area contributed by atoms with E-state index in [2.05, 4.69) is 19.8 Å². The van der Waals surface area contributed by atoms with Crippen LogP contribution in [-0.4, -0.2) is 54.5 Å². The first-order chi connectivity index (χ1) is 12.7. The monoisotopic (exact) mass is 394 g/mol. The van der Waals surface area contributed by atoms with Crippen LogP contribution in [0.1, 0.15) is 29.7 Å². The van der Waals surface area contributed by atoms with Gasteiger partial charge in [0.25, 0.3) is 10.0 Å². The van der Waals surface area contributed by atoms with E-state index in [-0.39, 0.29) is 4.90 Å². The molecule has 3 rings (SSSR count). The van der Waals surface area contributed by atoms with Crippen LogP contribution < -0.4 is 9.62 Å². The highest BCUT2D eigenvalue weighted by Crippen LogP contribution is 2.26. The number of rotatable bonds is 5. The van der Waals surface area contributed by atoms with E-state index >= 15 is 0 Å². The zero-order valence-electron chi connectivity index (χ0n) is 16.4. The van der Waals surface area contributed by atoms with Gasteiger partial charge in [0, 0.05) is 19.6 Å². The molecule has 2 aromatic heterocycles. The van der Waals surface area contributed by atoms with Gasteiger partial charge in [-0.05, 0) is 34.6 Å². The Morgan fingerprint density at radius 1 is 1.04 bits per heavy atom. The summed E-state index contributed by atoms with van der Waals surface area (Å²) in [4.78, 5) is 11.3. The van der Waals surface area contributed by atoms with E-state index in [0.29, 0.717) is 54.2 Å². The fraction of sp³-hybridized carbons (Fsp3) is 0.588. The maximum absolute atomic E-state index is 13.0. The lowest BCUT2D eigenvalue weighted by atomic mass is 10.3. The van der Waals surface area contributed by atoms with Crippen LogP contribution in [0.25, 0.3) is 0 Å². The lowest BCUT2D eigenvalue weighted by Gasteiger charge is -2.27. The molecule has 0 unspecified atom stereocenters. The first-order valence-electron chi connectivity index (χ1n) is 8.99. The SMILES string of the molecule is CCn1nc(C)c(S(=O)(=O)Nc2c(C)nc(N3CCOCC3)nc2C)c1C. The van der Waals surface area contributed by atoms with Crippen molar-refractivity contribution < 1.29 is 13.2 Å². The van der Waals surface area contributed by atoms with Gasteiger partial charge in [-0.1, -0.05) is 0 Å². The van der Waals surface area contributed by atoms with E-state index in [1.165, 1.54) is 0 Å². The van der Waals surface area contributed by atoms with Gasteiger partial charge in [0.05, 0.1) is 41.7 Å². The van der Waals surface area contributed by atoms with E-state index < -0.39 is 10.0 Å². The summed E-state index contributed by atoms with van der Waals surface area (Å²) in [7, 11) is -3.79. The standard InChI is InChI=1S/C17H26N6O3S/c1-6-23-14(5)16(13(4)20-23)27(24,25)21-15-11(2)18-17(19-12(15)3)22-7-9-26-10-8-22/h21H,6-10H2,1-5H3. The molecule has 148 valence electrons. The Bertz CT molecular complexity index is 925. The Kier molecular flexibility index (Phi) is 5.38. The molecule has 27 heavy (non-hydrogen) atoms. The third-order valence-corrected chi connectivity index (χ3v) is 6.27. The van der Waals surface area contributed by atoms with Gasteiger partial charge in [-0.2, -0.15) is 5.10 Å². The molecule has 0 aromatic carbocycles. The second-order valence-corrected chi connectivity index (χ2v) is 8.21. The minimum absolute atomic E-state index is 0.209. The highest BCUT2D eigenvalue weighted by Gasteiger charge is 2.26. The van der Waals surface area contributed by atoms with Crippen molar-refractivity contribution >= 4 is 21.7 Å². The van der Waals surface area contributed by atoms with Crippen molar-refractivity contribution in [3.8, 4) is 0 Å². The van der Waals surface area contributed by atoms with E-state index in [1.807, 2.05) is 11.8 Å². The highest BCUT2D eigenvalue weighted by molar-refractivity contribution is 7.92. The Hall–Kier alpha value is -2.20. The fourth-order valence-electron chi connectivity index (χ4n) is 3.31. The number of hydrogen-bond acceptors (Lipinski definition) is 7. The Balaban J connectivity index is 1.94. The second-order valence-electron chi connectivity index (χ2n) is 6.59. The molecule has 1 fully saturated rings. The van der Waals surface area contributed by atoms with Gasteiger partial charge in [0.1, 0.15) is 4.90 Å². The molecule has 2 aromatic rings. The van der Waals surface area contributed by atoms with Gasteiger partial charge in [-0.15, -0.1) is 0 Å². The molecular weight excluding hydrogens is 368 g/mol. The lowest BCUT2D eigenvalue weighted by Crippen LogP contribution is -2.37. The van der Waals surface area contributed by atoms with Crippen molar-refractivity contribution in [1.29, 1.82) is 0 Å². The van der Waals surface area contributed by atoms with Gasteiger partial charge in [-0.25, -0.2) is 18.4 Å².